The minimum atomic E-state index is -1.31. The number of hydrogen-bond donors (Lipinski definition) is 3. The molecule has 0 bridgehead atoms. The van der Waals surface area contributed by atoms with Crippen molar-refractivity contribution < 1.29 is 19.4 Å². The second kappa shape index (κ2) is 5.35. The number of phenols is 1. The van der Waals surface area contributed by atoms with E-state index in [9.17, 15) is 14.3 Å². The number of piperidine rings is 1. The highest BCUT2D eigenvalue weighted by Crippen LogP contribution is 2.24. The first-order valence-corrected chi connectivity index (χ1v) is 6.06. The lowest BCUT2D eigenvalue weighted by Crippen LogP contribution is -2.35. The van der Waals surface area contributed by atoms with Crippen molar-refractivity contribution in [2.45, 2.75) is 31.7 Å². The number of carboxylic acids is 1. The summed E-state index contributed by atoms with van der Waals surface area (Å²) >= 11 is 0. The number of halogens is 1. The second-order valence-corrected chi connectivity index (χ2v) is 4.63. The molecule has 0 spiro atoms. The second-order valence-electron chi connectivity index (χ2n) is 4.63. The van der Waals surface area contributed by atoms with E-state index in [1.165, 1.54) is 12.1 Å². The summed E-state index contributed by atoms with van der Waals surface area (Å²) in [5.41, 5.74) is 0.225. The van der Waals surface area contributed by atoms with Crippen LogP contribution in [0.15, 0.2) is 12.1 Å². The summed E-state index contributed by atoms with van der Waals surface area (Å²) in [5.74, 6) is -2.98. The van der Waals surface area contributed by atoms with Gasteiger partial charge in [0.1, 0.15) is 5.56 Å². The third kappa shape index (κ3) is 2.79. The van der Waals surface area contributed by atoms with Crippen LogP contribution in [0.4, 0.5) is 4.39 Å². The summed E-state index contributed by atoms with van der Waals surface area (Å²) in [5, 5.41) is 21.5. The first kappa shape index (κ1) is 12.8. The summed E-state index contributed by atoms with van der Waals surface area (Å²) in [6.45, 7) is 0.941. The van der Waals surface area contributed by atoms with E-state index in [0.29, 0.717) is 12.0 Å². The van der Waals surface area contributed by atoms with Gasteiger partial charge in [0.25, 0.3) is 0 Å². The van der Waals surface area contributed by atoms with Gasteiger partial charge in [-0.3, -0.25) is 0 Å². The van der Waals surface area contributed by atoms with Crippen molar-refractivity contribution in [2.75, 3.05) is 6.54 Å². The molecular formula is C13H16FNO3. The Bertz CT molecular complexity index is 456. The number of carbonyl (C=O) groups is 1. The van der Waals surface area contributed by atoms with Crippen molar-refractivity contribution in [3.05, 3.63) is 29.1 Å². The summed E-state index contributed by atoms with van der Waals surface area (Å²) in [6.07, 6.45) is 3.85. The summed E-state index contributed by atoms with van der Waals surface area (Å²) in [7, 11) is 0. The molecule has 98 valence electrons. The molecule has 1 saturated heterocycles. The lowest BCUT2D eigenvalue weighted by atomic mass is 9.96. The topological polar surface area (TPSA) is 69.6 Å². The van der Waals surface area contributed by atoms with Gasteiger partial charge in [0.15, 0.2) is 11.6 Å². The van der Waals surface area contributed by atoms with Crippen LogP contribution in [-0.2, 0) is 6.42 Å². The fourth-order valence-electron chi connectivity index (χ4n) is 2.32. The van der Waals surface area contributed by atoms with Gasteiger partial charge in [-0.15, -0.1) is 0 Å². The Morgan fingerprint density at radius 3 is 2.83 bits per heavy atom. The Morgan fingerprint density at radius 2 is 2.22 bits per heavy atom. The van der Waals surface area contributed by atoms with E-state index in [-0.39, 0.29) is 11.6 Å². The molecule has 0 aromatic heterocycles. The third-order valence-electron chi connectivity index (χ3n) is 3.25. The molecule has 1 aliphatic heterocycles. The van der Waals surface area contributed by atoms with Crippen molar-refractivity contribution >= 4 is 5.97 Å². The summed E-state index contributed by atoms with van der Waals surface area (Å²) in [6, 6.07) is 2.80. The zero-order valence-corrected chi connectivity index (χ0v) is 9.95. The fraction of sp³-hybridized carbons (Fsp3) is 0.462. The molecule has 1 heterocycles. The smallest absolute Gasteiger partial charge is 0.339 e. The van der Waals surface area contributed by atoms with Crippen LogP contribution in [0.2, 0.25) is 0 Å². The van der Waals surface area contributed by atoms with Gasteiger partial charge in [0.2, 0.25) is 0 Å². The van der Waals surface area contributed by atoms with Gasteiger partial charge in [0.05, 0.1) is 0 Å². The molecule has 3 N–H and O–H groups in total. The van der Waals surface area contributed by atoms with Crippen LogP contribution >= 0.6 is 0 Å². The number of nitrogens with one attached hydrogen (secondary N) is 1. The van der Waals surface area contributed by atoms with Gasteiger partial charge in [-0.25, -0.2) is 9.18 Å². The van der Waals surface area contributed by atoms with Crippen molar-refractivity contribution in [2.24, 2.45) is 0 Å². The van der Waals surface area contributed by atoms with Crippen LogP contribution in [-0.4, -0.2) is 28.8 Å². The van der Waals surface area contributed by atoms with Crippen LogP contribution in [0, 0.1) is 5.82 Å². The predicted molar refractivity (Wildman–Crippen MR) is 64.4 cm³/mol. The molecule has 1 unspecified atom stereocenters. The maximum atomic E-state index is 13.4. The first-order chi connectivity index (χ1) is 8.58. The van der Waals surface area contributed by atoms with Gasteiger partial charge < -0.3 is 15.5 Å². The zero-order valence-electron chi connectivity index (χ0n) is 9.95. The quantitative estimate of drug-likeness (QED) is 0.769. The normalized spacial score (nSPS) is 19.7. The van der Waals surface area contributed by atoms with Crippen LogP contribution < -0.4 is 5.32 Å². The van der Waals surface area contributed by atoms with E-state index in [2.05, 4.69) is 5.32 Å². The molecule has 1 fully saturated rings. The molecule has 1 aromatic rings. The Balaban J connectivity index is 2.20. The maximum absolute atomic E-state index is 13.4. The average Bonchev–Trinajstić information content (AvgIpc) is 2.34. The van der Waals surface area contributed by atoms with Crippen molar-refractivity contribution in [3.63, 3.8) is 0 Å². The van der Waals surface area contributed by atoms with E-state index >= 15 is 0 Å². The van der Waals surface area contributed by atoms with Crippen molar-refractivity contribution in [1.82, 2.24) is 5.32 Å². The van der Waals surface area contributed by atoms with E-state index in [1.807, 2.05) is 0 Å². The molecule has 1 aromatic carbocycles. The third-order valence-corrected chi connectivity index (χ3v) is 3.25. The minimum absolute atomic E-state index is 0.254. The lowest BCUT2D eigenvalue weighted by molar-refractivity contribution is 0.0692. The van der Waals surface area contributed by atoms with E-state index in [4.69, 9.17) is 5.11 Å². The predicted octanol–water partition coefficient (Wildman–Crippen LogP) is 1.91. The molecule has 1 atom stereocenters. The van der Waals surface area contributed by atoms with E-state index in [0.717, 1.165) is 25.8 Å². The van der Waals surface area contributed by atoms with Crippen LogP contribution in [0.25, 0.3) is 0 Å². The molecule has 0 saturated carbocycles. The standard InChI is InChI=1S/C13H16FNO3/c14-11-7-8(5-9-3-1-2-4-15-9)6-10(12(11)16)13(17)18/h6-7,9,15-16H,1-5H2,(H,17,18). The molecule has 0 radical (unpaired) electrons. The molecule has 1 aliphatic rings. The van der Waals surface area contributed by atoms with Gasteiger partial charge in [-0.1, -0.05) is 6.42 Å². The average molecular weight is 253 g/mol. The number of rotatable bonds is 3. The summed E-state index contributed by atoms with van der Waals surface area (Å²) < 4.78 is 13.4. The van der Waals surface area contributed by atoms with E-state index < -0.39 is 17.5 Å². The number of hydrogen-bond acceptors (Lipinski definition) is 3. The fourth-order valence-corrected chi connectivity index (χ4v) is 2.32. The highest BCUT2D eigenvalue weighted by Gasteiger charge is 2.18. The van der Waals surface area contributed by atoms with E-state index in [1.54, 1.807) is 0 Å². The molecule has 2 rings (SSSR count). The largest absolute Gasteiger partial charge is 0.504 e. The number of aromatic carboxylic acids is 1. The maximum Gasteiger partial charge on any atom is 0.339 e. The number of aromatic hydroxyl groups is 1. The Kier molecular flexibility index (Phi) is 3.81. The zero-order chi connectivity index (χ0) is 13.1. The van der Waals surface area contributed by atoms with Gasteiger partial charge >= 0.3 is 5.97 Å². The minimum Gasteiger partial charge on any atom is -0.504 e. The highest BCUT2D eigenvalue weighted by atomic mass is 19.1. The Morgan fingerprint density at radius 1 is 1.44 bits per heavy atom. The van der Waals surface area contributed by atoms with Crippen molar-refractivity contribution in [1.29, 1.82) is 0 Å². The highest BCUT2D eigenvalue weighted by molar-refractivity contribution is 5.91. The molecule has 5 heteroatoms. The van der Waals surface area contributed by atoms with Crippen LogP contribution in [0.5, 0.6) is 5.75 Å². The monoisotopic (exact) mass is 253 g/mol. The Hall–Kier alpha value is -1.62. The van der Waals surface area contributed by atoms with Gasteiger partial charge in [0, 0.05) is 6.04 Å². The SMILES string of the molecule is O=C(O)c1cc(CC2CCCCN2)cc(F)c1O. The number of benzene rings is 1. The molecular weight excluding hydrogens is 237 g/mol. The van der Waals surface area contributed by atoms with Crippen LogP contribution in [0.3, 0.4) is 0 Å². The van der Waals surface area contributed by atoms with Crippen molar-refractivity contribution in [3.8, 4) is 5.75 Å². The van der Waals surface area contributed by atoms with Gasteiger partial charge in [-0.2, -0.15) is 0 Å². The van der Waals surface area contributed by atoms with Crippen LogP contribution in [0.1, 0.15) is 35.2 Å². The number of carboxylic acid groups (broad SMARTS) is 1. The first-order valence-electron chi connectivity index (χ1n) is 6.06. The summed E-state index contributed by atoms with van der Waals surface area (Å²) in [4.78, 5) is 10.9. The van der Waals surface area contributed by atoms with Gasteiger partial charge in [-0.05, 0) is 43.5 Å². The molecule has 18 heavy (non-hydrogen) atoms. The lowest BCUT2D eigenvalue weighted by Gasteiger charge is -2.23. The Labute approximate surface area is 104 Å². The molecule has 4 nitrogen and oxygen atoms in total. The molecule has 0 aliphatic carbocycles. The molecule has 0 amide bonds.